The standard InChI is InChI=1S/C37H34O10/c1-40-23-12-9-21(10-13-23)17-18-45-35-24(7-6-8-28(35)41-2)26-20-31(38)46-27-16-14-25-33(39)30(47-36(25)32(26)27)19-22-11-15-29(42-3)37(44-5)34(22)43-4/h6-16,19,26H,17-18,20H2,1-5H3. The van der Waals surface area contributed by atoms with Crippen LogP contribution in [0.25, 0.3) is 6.08 Å². The van der Waals surface area contributed by atoms with E-state index in [1.165, 1.54) is 21.3 Å². The molecule has 0 aromatic heterocycles. The molecule has 0 radical (unpaired) electrons. The van der Waals surface area contributed by atoms with Crippen LogP contribution in [0.1, 0.15) is 45.0 Å². The van der Waals surface area contributed by atoms with Gasteiger partial charge in [0.05, 0.1) is 54.1 Å². The lowest BCUT2D eigenvalue weighted by Crippen LogP contribution is -2.22. The van der Waals surface area contributed by atoms with E-state index in [-0.39, 0.29) is 18.0 Å². The Morgan fingerprint density at radius 1 is 0.745 bits per heavy atom. The summed E-state index contributed by atoms with van der Waals surface area (Å²) in [7, 11) is 7.74. The van der Waals surface area contributed by atoms with Gasteiger partial charge in [0, 0.05) is 29.0 Å². The van der Waals surface area contributed by atoms with Crippen molar-refractivity contribution in [3.8, 4) is 46.0 Å². The highest BCUT2D eigenvalue weighted by Gasteiger charge is 2.40. The third-order valence-corrected chi connectivity index (χ3v) is 8.20. The second kappa shape index (κ2) is 13.4. The van der Waals surface area contributed by atoms with Crippen LogP contribution in [0.3, 0.4) is 0 Å². The summed E-state index contributed by atoms with van der Waals surface area (Å²) in [5, 5.41) is 0. The Labute approximate surface area is 272 Å². The molecule has 242 valence electrons. The fraction of sp³-hybridized carbons (Fsp3) is 0.243. The molecule has 0 spiro atoms. The molecule has 2 aliphatic rings. The predicted octanol–water partition coefficient (Wildman–Crippen LogP) is 6.41. The van der Waals surface area contributed by atoms with Crippen molar-refractivity contribution in [2.45, 2.75) is 18.8 Å². The number of carbonyl (C=O) groups is 2. The summed E-state index contributed by atoms with van der Waals surface area (Å²) in [6.07, 6.45) is 2.23. The fourth-order valence-electron chi connectivity index (χ4n) is 5.94. The van der Waals surface area contributed by atoms with Gasteiger partial charge in [-0.25, -0.2) is 0 Å². The van der Waals surface area contributed by atoms with Crippen molar-refractivity contribution < 1.29 is 47.5 Å². The molecule has 2 heterocycles. The molecule has 10 heteroatoms. The minimum Gasteiger partial charge on any atom is -0.497 e. The van der Waals surface area contributed by atoms with Crippen LogP contribution in [-0.4, -0.2) is 53.9 Å². The van der Waals surface area contributed by atoms with Crippen LogP contribution in [0.15, 0.2) is 72.5 Å². The SMILES string of the molecule is COc1ccc(CCOc2c(OC)cccc2C2CC(=O)Oc3ccc4c(c32)OC(=Cc2ccc(OC)c(OC)c2OC)C4=O)cc1. The largest absolute Gasteiger partial charge is 0.497 e. The maximum Gasteiger partial charge on any atom is 0.312 e. The molecule has 0 amide bonds. The van der Waals surface area contributed by atoms with Gasteiger partial charge >= 0.3 is 5.97 Å². The van der Waals surface area contributed by atoms with E-state index in [2.05, 4.69) is 0 Å². The lowest BCUT2D eigenvalue weighted by atomic mass is 9.84. The Balaban J connectivity index is 1.37. The number of ether oxygens (including phenoxy) is 8. The molecule has 10 nitrogen and oxygen atoms in total. The molecule has 0 N–H and O–H groups in total. The summed E-state index contributed by atoms with van der Waals surface area (Å²) < 4.78 is 45.8. The fourth-order valence-corrected chi connectivity index (χ4v) is 5.94. The van der Waals surface area contributed by atoms with Crippen molar-refractivity contribution in [3.63, 3.8) is 0 Å². The maximum absolute atomic E-state index is 13.7. The molecule has 1 unspecified atom stereocenters. The van der Waals surface area contributed by atoms with Gasteiger partial charge in [-0.05, 0) is 54.1 Å². The smallest absolute Gasteiger partial charge is 0.312 e. The van der Waals surface area contributed by atoms with E-state index in [0.29, 0.717) is 75.5 Å². The minimum absolute atomic E-state index is 0.00552. The quantitative estimate of drug-likeness (QED) is 0.104. The number of ketones is 1. The molecule has 4 aromatic carbocycles. The number of fused-ring (bicyclic) bond motifs is 3. The summed E-state index contributed by atoms with van der Waals surface area (Å²) in [4.78, 5) is 26.6. The van der Waals surface area contributed by atoms with E-state index in [1.54, 1.807) is 50.6 Å². The highest BCUT2D eigenvalue weighted by atomic mass is 16.5. The van der Waals surface area contributed by atoms with Gasteiger partial charge in [0.2, 0.25) is 11.5 Å². The van der Waals surface area contributed by atoms with Gasteiger partial charge in [-0.2, -0.15) is 0 Å². The van der Waals surface area contributed by atoms with Crippen LogP contribution in [-0.2, 0) is 11.2 Å². The summed E-state index contributed by atoms with van der Waals surface area (Å²) in [5.41, 5.74) is 3.26. The van der Waals surface area contributed by atoms with Crippen LogP contribution in [0.4, 0.5) is 0 Å². The third kappa shape index (κ3) is 5.90. The van der Waals surface area contributed by atoms with Crippen molar-refractivity contribution >= 4 is 17.8 Å². The van der Waals surface area contributed by atoms with Crippen molar-refractivity contribution in [2.24, 2.45) is 0 Å². The molecule has 0 saturated heterocycles. The second-order valence-corrected chi connectivity index (χ2v) is 10.8. The van der Waals surface area contributed by atoms with Crippen LogP contribution in [0, 0.1) is 0 Å². The third-order valence-electron chi connectivity index (χ3n) is 8.20. The van der Waals surface area contributed by atoms with Crippen LogP contribution in [0.5, 0.6) is 46.0 Å². The first-order valence-electron chi connectivity index (χ1n) is 14.9. The van der Waals surface area contributed by atoms with Gasteiger partial charge in [0.15, 0.2) is 28.8 Å². The van der Waals surface area contributed by atoms with E-state index in [4.69, 9.17) is 37.9 Å². The van der Waals surface area contributed by atoms with Gasteiger partial charge in [0.1, 0.15) is 17.2 Å². The number of para-hydroxylation sites is 1. The zero-order valence-electron chi connectivity index (χ0n) is 26.7. The van der Waals surface area contributed by atoms with Gasteiger partial charge in [-0.15, -0.1) is 0 Å². The number of rotatable bonds is 11. The summed E-state index contributed by atoms with van der Waals surface area (Å²) in [6, 6.07) is 20.0. The first-order chi connectivity index (χ1) is 22.9. The summed E-state index contributed by atoms with van der Waals surface area (Å²) in [6.45, 7) is 0.353. The number of benzene rings is 4. The van der Waals surface area contributed by atoms with Crippen LogP contribution < -0.4 is 37.9 Å². The van der Waals surface area contributed by atoms with E-state index in [0.717, 1.165) is 11.3 Å². The molecular weight excluding hydrogens is 604 g/mol. The Morgan fingerprint density at radius 2 is 1.49 bits per heavy atom. The average molecular weight is 639 g/mol. The number of carbonyl (C=O) groups excluding carboxylic acids is 2. The molecule has 1 atom stereocenters. The molecule has 4 aromatic rings. The number of esters is 1. The molecule has 47 heavy (non-hydrogen) atoms. The summed E-state index contributed by atoms with van der Waals surface area (Å²) in [5.74, 6) is 2.48. The first-order valence-corrected chi connectivity index (χ1v) is 14.9. The van der Waals surface area contributed by atoms with Crippen LogP contribution in [0.2, 0.25) is 0 Å². The minimum atomic E-state index is -0.546. The zero-order valence-corrected chi connectivity index (χ0v) is 26.7. The van der Waals surface area contributed by atoms with E-state index < -0.39 is 11.9 Å². The zero-order chi connectivity index (χ0) is 33.1. The molecule has 0 fully saturated rings. The van der Waals surface area contributed by atoms with Gasteiger partial charge in [-0.1, -0.05) is 24.3 Å². The number of methoxy groups -OCH3 is 5. The summed E-state index contributed by atoms with van der Waals surface area (Å²) >= 11 is 0. The normalized spacial score (nSPS) is 15.7. The highest BCUT2D eigenvalue weighted by Crippen LogP contribution is 2.52. The average Bonchev–Trinajstić information content (AvgIpc) is 3.42. The molecular formula is C37H34O10. The maximum atomic E-state index is 13.7. The Bertz CT molecular complexity index is 1860. The van der Waals surface area contributed by atoms with Gasteiger partial charge < -0.3 is 37.9 Å². The first kappa shape index (κ1) is 31.3. The van der Waals surface area contributed by atoms with E-state index >= 15 is 0 Å². The lowest BCUT2D eigenvalue weighted by molar-refractivity contribution is -0.135. The predicted molar refractivity (Wildman–Crippen MR) is 173 cm³/mol. The Hall–Kier alpha value is -5.64. The molecule has 0 bridgehead atoms. The molecule has 6 rings (SSSR count). The van der Waals surface area contributed by atoms with E-state index in [9.17, 15) is 9.59 Å². The van der Waals surface area contributed by atoms with E-state index in [1.807, 2.05) is 36.4 Å². The number of hydrogen-bond acceptors (Lipinski definition) is 10. The van der Waals surface area contributed by atoms with Crippen molar-refractivity contribution in [1.82, 2.24) is 0 Å². The van der Waals surface area contributed by atoms with Crippen LogP contribution >= 0.6 is 0 Å². The topological polar surface area (TPSA) is 108 Å². The van der Waals surface area contributed by atoms with Crippen molar-refractivity contribution in [2.75, 3.05) is 42.2 Å². The van der Waals surface area contributed by atoms with Crippen molar-refractivity contribution in [1.29, 1.82) is 0 Å². The Morgan fingerprint density at radius 3 is 2.19 bits per heavy atom. The molecule has 0 aliphatic carbocycles. The second-order valence-electron chi connectivity index (χ2n) is 10.8. The number of hydrogen-bond donors (Lipinski definition) is 0. The highest BCUT2D eigenvalue weighted by molar-refractivity contribution is 6.15. The lowest BCUT2D eigenvalue weighted by Gasteiger charge is -2.28. The Kier molecular flexibility index (Phi) is 8.92. The molecule has 2 aliphatic heterocycles. The van der Waals surface area contributed by atoms with Gasteiger partial charge in [-0.3, -0.25) is 9.59 Å². The van der Waals surface area contributed by atoms with Gasteiger partial charge in [0.25, 0.3) is 0 Å². The molecule has 0 saturated carbocycles. The monoisotopic (exact) mass is 638 g/mol. The number of allylic oxidation sites excluding steroid dienone is 1. The number of Topliss-reactive ketones (excluding diaryl/α,β-unsaturated/α-hetero) is 1. The van der Waals surface area contributed by atoms with Crippen molar-refractivity contribution in [3.05, 3.63) is 100 Å².